The first-order valence-electron chi connectivity index (χ1n) is 6.29. The molecule has 2 fully saturated rings. The highest BCUT2D eigenvalue weighted by molar-refractivity contribution is 4.84. The summed E-state index contributed by atoms with van der Waals surface area (Å²) >= 11 is 0. The van der Waals surface area contributed by atoms with E-state index in [0.717, 1.165) is 45.4 Å². The van der Waals surface area contributed by atoms with Gasteiger partial charge in [0, 0.05) is 6.61 Å². The molecule has 0 aromatic rings. The second-order valence-electron chi connectivity index (χ2n) is 5.14. The summed E-state index contributed by atoms with van der Waals surface area (Å²) in [6, 6.07) is 0. The molecule has 0 spiro atoms. The van der Waals surface area contributed by atoms with Gasteiger partial charge in [-0.05, 0) is 44.7 Å². The number of rotatable bonds is 4. The van der Waals surface area contributed by atoms with Crippen molar-refractivity contribution in [2.45, 2.75) is 44.1 Å². The predicted octanol–water partition coefficient (Wildman–Crippen LogP) is 1.31. The molecule has 1 saturated heterocycles. The summed E-state index contributed by atoms with van der Waals surface area (Å²) in [7, 11) is 0. The number of hydrogen-bond donors (Lipinski definition) is 2. The molecule has 0 unspecified atom stereocenters. The van der Waals surface area contributed by atoms with Gasteiger partial charge in [-0.25, -0.2) is 0 Å². The Morgan fingerprint density at radius 2 is 1.87 bits per heavy atom. The molecule has 3 nitrogen and oxygen atoms in total. The van der Waals surface area contributed by atoms with E-state index in [9.17, 15) is 5.11 Å². The summed E-state index contributed by atoms with van der Waals surface area (Å²) in [6.45, 7) is 3.64. The van der Waals surface area contributed by atoms with Gasteiger partial charge in [0.05, 0.1) is 12.2 Å². The lowest BCUT2D eigenvalue weighted by atomic mass is 9.99. The molecule has 0 aromatic carbocycles. The molecule has 1 saturated carbocycles. The fraction of sp³-hybridized carbons (Fsp3) is 1.00. The van der Waals surface area contributed by atoms with Crippen molar-refractivity contribution in [2.24, 2.45) is 5.92 Å². The van der Waals surface area contributed by atoms with Crippen LogP contribution in [-0.4, -0.2) is 37.0 Å². The monoisotopic (exact) mass is 213 g/mol. The first-order valence-corrected chi connectivity index (χ1v) is 6.29. The van der Waals surface area contributed by atoms with Gasteiger partial charge in [0.1, 0.15) is 0 Å². The minimum Gasteiger partial charge on any atom is -0.387 e. The highest BCUT2D eigenvalue weighted by Crippen LogP contribution is 2.29. The van der Waals surface area contributed by atoms with Crippen LogP contribution >= 0.6 is 0 Å². The first-order chi connectivity index (χ1) is 7.29. The summed E-state index contributed by atoms with van der Waals surface area (Å²) in [4.78, 5) is 0. The fourth-order valence-electron chi connectivity index (χ4n) is 2.64. The number of nitrogens with one attached hydrogen (secondary N) is 1. The van der Waals surface area contributed by atoms with E-state index in [0.29, 0.717) is 12.5 Å². The lowest BCUT2D eigenvalue weighted by Gasteiger charge is -2.26. The van der Waals surface area contributed by atoms with Crippen LogP contribution in [0.1, 0.15) is 38.5 Å². The first kappa shape index (κ1) is 11.4. The summed E-state index contributed by atoms with van der Waals surface area (Å²) in [5.41, 5.74) is -0.493. The quantitative estimate of drug-likeness (QED) is 0.740. The smallest absolute Gasteiger partial charge is 0.0880 e. The van der Waals surface area contributed by atoms with E-state index in [2.05, 4.69) is 5.32 Å². The summed E-state index contributed by atoms with van der Waals surface area (Å²) in [5, 5.41) is 13.4. The molecule has 0 amide bonds. The Labute approximate surface area is 92.2 Å². The van der Waals surface area contributed by atoms with E-state index in [1.54, 1.807) is 0 Å². The molecule has 0 atom stereocenters. The molecule has 1 heterocycles. The molecule has 88 valence electrons. The molecule has 0 bridgehead atoms. The van der Waals surface area contributed by atoms with Crippen LogP contribution in [0.2, 0.25) is 0 Å². The second kappa shape index (κ2) is 5.28. The van der Waals surface area contributed by atoms with E-state index in [4.69, 9.17) is 4.74 Å². The molecule has 2 N–H and O–H groups in total. The minimum absolute atomic E-state index is 0.493. The molecule has 2 aliphatic rings. The van der Waals surface area contributed by atoms with Gasteiger partial charge in [0.2, 0.25) is 0 Å². The molecular formula is C12H23NO2. The number of piperidine rings is 1. The Bertz CT molecular complexity index is 184. The maximum atomic E-state index is 10.1. The maximum absolute atomic E-state index is 10.1. The molecule has 0 radical (unpaired) electrons. The number of aliphatic hydroxyl groups is 1. The zero-order valence-electron chi connectivity index (χ0n) is 9.50. The van der Waals surface area contributed by atoms with Crippen molar-refractivity contribution in [3.05, 3.63) is 0 Å². The fourth-order valence-corrected chi connectivity index (χ4v) is 2.64. The van der Waals surface area contributed by atoms with Crippen molar-refractivity contribution in [2.75, 3.05) is 26.3 Å². The molecule has 2 rings (SSSR count). The van der Waals surface area contributed by atoms with Crippen molar-refractivity contribution in [1.82, 2.24) is 5.32 Å². The van der Waals surface area contributed by atoms with Crippen LogP contribution < -0.4 is 5.32 Å². The zero-order valence-corrected chi connectivity index (χ0v) is 9.50. The van der Waals surface area contributed by atoms with Crippen LogP contribution in [0.5, 0.6) is 0 Å². The molecule has 1 aliphatic carbocycles. The standard InChI is InChI=1S/C12H23NO2/c14-12(5-1-2-6-12)10-15-9-11-3-7-13-8-4-11/h11,13-14H,1-10H2. The van der Waals surface area contributed by atoms with Crippen LogP contribution in [0.25, 0.3) is 0 Å². The van der Waals surface area contributed by atoms with Crippen LogP contribution in [-0.2, 0) is 4.74 Å². The second-order valence-corrected chi connectivity index (χ2v) is 5.14. The van der Waals surface area contributed by atoms with Crippen LogP contribution in [0, 0.1) is 5.92 Å². The van der Waals surface area contributed by atoms with Crippen LogP contribution in [0.4, 0.5) is 0 Å². The molecule has 1 aliphatic heterocycles. The third-order valence-corrected chi connectivity index (χ3v) is 3.72. The Balaban J connectivity index is 1.61. The van der Waals surface area contributed by atoms with Gasteiger partial charge in [-0.1, -0.05) is 12.8 Å². The van der Waals surface area contributed by atoms with Gasteiger partial charge in [0.25, 0.3) is 0 Å². The van der Waals surface area contributed by atoms with Crippen LogP contribution in [0.15, 0.2) is 0 Å². The highest BCUT2D eigenvalue weighted by atomic mass is 16.5. The van der Waals surface area contributed by atoms with Gasteiger partial charge < -0.3 is 15.2 Å². The largest absolute Gasteiger partial charge is 0.387 e. The van der Waals surface area contributed by atoms with Crippen LogP contribution in [0.3, 0.4) is 0 Å². The molecule has 3 heteroatoms. The summed E-state index contributed by atoms with van der Waals surface area (Å²) in [5.74, 6) is 0.705. The van der Waals surface area contributed by atoms with E-state index in [1.165, 1.54) is 12.8 Å². The van der Waals surface area contributed by atoms with Gasteiger partial charge in [0.15, 0.2) is 0 Å². The Hall–Kier alpha value is -0.120. The zero-order chi connectivity index (χ0) is 10.6. The van der Waals surface area contributed by atoms with Crippen molar-refractivity contribution in [3.63, 3.8) is 0 Å². The third kappa shape index (κ3) is 3.44. The lowest BCUT2D eigenvalue weighted by Crippen LogP contribution is -2.34. The van der Waals surface area contributed by atoms with Crippen molar-refractivity contribution in [1.29, 1.82) is 0 Å². The van der Waals surface area contributed by atoms with E-state index < -0.39 is 5.60 Å². The molecular weight excluding hydrogens is 190 g/mol. The Kier molecular flexibility index (Phi) is 4.00. The topological polar surface area (TPSA) is 41.5 Å². The third-order valence-electron chi connectivity index (χ3n) is 3.72. The van der Waals surface area contributed by atoms with Crippen molar-refractivity contribution >= 4 is 0 Å². The average Bonchev–Trinajstić information content (AvgIpc) is 2.67. The van der Waals surface area contributed by atoms with Crippen molar-refractivity contribution < 1.29 is 9.84 Å². The number of hydrogen-bond acceptors (Lipinski definition) is 3. The van der Waals surface area contributed by atoms with E-state index in [1.807, 2.05) is 0 Å². The summed E-state index contributed by atoms with van der Waals surface area (Å²) < 4.78 is 5.68. The minimum atomic E-state index is -0.493. The Morgan fingerprint density at radius 1 is 1.20 bits per heavy atom. The van der Waals surface area contributed by atoms with Gasteiger partial charge >= 0.3 is 0 Å². The predicted molar refractivity (Wildman–Crippen MR) is 59.8 cm³/mol. The maximum Gasteiger partial charge on any atom is 0.0880 e. The Morgan fingerprint density at radius 3 is 2.53 bits per heavy atom. The average molecular weight is 213 g/mol. The van der Waals surface area contributed by atoms with Gasteiger partial charge in [-0.3, -0.25) is 0 Å². The van der Waals surface area contributed by atoms with Gasteiger partial charge in [-0.2, -0.15) is 0 Å². The molecule has 15 heavy (non-hydrogen) atoms. The van der Waals surface area contributed by atoms with Crippen molar-refractivity contribution in [3.8, 4) is 0 Å². The molecule has 0 aromatic heterocycles. The highest BCUT2D eigenvalue weighted by Gasteiger charge is 2.31. The van der Waals surface area contributed by atoms with E-state index in [-0.39, 0.29) is 0 Å². The SMILES string of the molecule is OC1(COCC2CCNCC2)CCCC1. The van der Waals surface area contributed by atoms with E-state index >= 15 is 0 Å². The number of ether oxygens (including phenoxy) is 1. The lowest BCUT2D eigenvalue weighted by molar-refractivity contribution is -0.0513. The summed E-state index contributed by atoms with van der Waals surface area (Å²) in [6.07, 6.45) is 6.62. The normalized spacial score (nSPS) is 27.0. The van der Waals surface area contributed by atoms with Gasteiger partial charge in [-0.15, -0.1) is 0 Å².